The Labute approximate surface area is 219 Å². The Morgan fingerprint density at radius 2 is 1.64 bits per heavy atom. The molecule has 0 bridgehead atoms. The summed E-state index contributed by atoms with van der Waals surface area (Å²) in [6, 6.07) is 19.4. The van der Waals surface area contributed by atoms with Crippen molar-refractivity contribution in [3.05, 3.63) is 87.9 Å². The van der Waals surface area contributed by atoms with Crippen molar-refractivity contribution in [2.75, 3.05) is 19.5 Å². The Balaban J connectivity index is 1.38. The molecule has 3 aromatic carbocycles. The molecule has 1 aliphatic carbocycles. The highest BCUT2D eigenvalue weighted by atomic mass is 79.9. The van der Waals surface area contributed by atoms with Gasteiger partial charge in [0.15, 0.2) is 11.5 Å². The second-order valence-electron chi connectivity index (χ2n) is 8.55. The quantitative estimate of drug-likeness (QED) is 0.270. The van der Waals surface area contributed by atoms with Crippen molar-refractivity contribution >= 4 is 39.6 Å². The number of hydrazone groups is 1. The largest absolute Gasteiger partial charge is 0.493 e. The lowest BCUT2D eigenvalue weighted by Crippen LogP contribution is -2.21. The lowest BCUT2D eigenvalue weighted by molar-refractivity contribution is 0.0800. The van der Waals surface area contributed by atoms with Crippen LogP contribution >= 0.6 is 15.9 Å². The minimum absolute atomic E-state index is 0.206. The van der Waals surface area contributed by atoms with Crippen molar-refractivity contribution in [1.29, 1.82) is 0 Å². The fourth-order valence-corrected chi connectivity index (χ4v) is 4.21. The lowest BCUT2D eigenvalue weighted by Gasteiger charge is -2.16. The molecule has 2 amide bonds. The van der Waals surface area contributed by atoms with Gasteiger partial charge in [0.25, 0.3) is 11.8 Å². The van der Waals surface area contributed by atoms with Gasteiger partial charge in [-0.15, -0.1) is 0 Å². The average Bonchev–Trinajstić information content (AvgIpc) is 3.41. The van der Waals surface area contributed by atoms with Gasteiger partial charge in [-0.1, -0.05) is 15.9 Å². The number of benzene rings is 3. The van der Waals surface area contributed by atoms with Gasteiger partial charge in [0.2, 0.25) is 0 Å². The summed E-state index contributed by atoms with van der Waals surface area (Å²) in [6.45, 7) is 0. The standard InChI is InChI=1S/C28H28BrN3O4/c1-32(30-18-19-7-16-25(35-2)26(17-19)36-24-5-3-4-6-24)28(34)21-10-14-23(15-11-21)31-27(33)20-8-12-22(29)13-9-20/h7-18,24H,3-6H2,1-2H3,(H,31,33). The molecule has 8 heteroatoms. The molecule has 36 heavy (non-hydrogen) atoms. The van der Waals surface area contributed by atoms with E-state index in [-0.39, 0.29) is 17.9 Å². The predicted octanol–water partition coefficient (Wildman–Crippen LogP) is 6.14. The van der Waals surface area contributed by atoms with Gasteiger partial charge in [-0.25, -0.2) is 5.01 Å². The maximum absolute atomic E-state index is 12.8. The Morgan fingerprint density at radius 3 is 2.31 bits per heavy atom. The van der Waals surface area contributed by atoms with E-state index in [2.05, 4.69) is 26.3 Å². The van der Waals surface area contributed by atoms with Crippen molar-refractivity contribution in [1.82, 2.24) is 5.01 Å². The van der Waals surface area contributed by atoms with Crippen LogP contribution in [-0.4, -0.2) is 43.3 Å². The monoisotopic (exact) mass is 549 g/mol. The number of hydrogen-bond acceptors (Lipinski definition) is 5. The number of halogens is 1. The Bertz CT molecular complexity index is 1240. The molecule has 0 atom stereocenters. The lowest BCUT2D eigenvalue weighted by atomic mass is 10.1. The van der Waals surface area contributed by atoms with Gasteiger partial charge in [0.1, 0.15) is 0 Å². The van der Waals surface area contributed by atoms with E-state index in [4.69, 9.17) is 9.47 Å². The van der Waals surface area contributed by atoms with Gasteiger partial charge in [-0.3, -0.25) is 9.59 Å². The summed E-state index contributed by atoms with van der Waals surface area (Å²) in [7, 11) is 3.22. The summed E-state index contributed by atoms with van der Waals surface area (Å²) in [5.74, 6) is 0.867. The number of carbonyl (C=O) groups excluding carboxylic acids is 2. The summed E-state index contributed by atoms with van der Waals surface area (Å²) in [5, 5.41) is 8.41. The molecule has 1 fully saturated rings. The van der Waals surface area contributed by atoms with Gasteiger partial charge in [-0.05, 0) is 98.0 Å². The molecule has 1 aliphatic rings. The Morgan fingerprint density at radius 1 is 0.972 bits per heavy atom. The molecule has 1 saturated carbocycles. The van der Waals surface area contributed by atoms with Crippen LogP contribution in [0.1, 0.15) is 52.0 Å². The molecular formula is C28H28BrN3O4. The Kier molecular flexibility index (Phi) is 8.38. The third-order valence-corrected chi connectivity index (χ3v) is 6.48. The summed E-state index contributed by atoms with van der Waals surface area (Å²) < 4.78 is 12.5. The van der Waals surface area contributed by atoms with E-state index < -0.39 is 0 Å². The minimum atomic E-state index is -0.270. The molecule has 0 radical (unpaired) electrons. The molecular weight excluding hydrogens is 522 g/mol. The first-order valence-electron chi connectivity index (χ1n) is 11.8. The van der Waals surface area contributed by atoms with Crippen LogP contribution in [0, 0.1) is 0 Å². The van der Waals surface area contributed by atoms with Crippen molar-refractivity contribution in [3.8, 4) is 11.5 Å². The van der Waals surface area contributed by atoms with Gasteiger partial charge in [-0.2, -0.15) is 5.10 Å². The SMILES string of the molecule is COc1ccc(C=NN(C)C(=O)c2ccc(NC(=O)c3ccc(Br)cc3)cc2)cc1OC1CCCC1. The molecule has 186 valence electrons. The number of ether oxygens (including phenoxy) is 2. The highest BCUT2D eigenvalue weighted by Gasteiger charge is 2.18. The fraction of sp³-hybridized carbons (Fsp3) is 0.250. The number of hydrogen-bond donors (Lipinski definition) is 1. The van der Waals surface area contributed by atoms with Crippen molar-refractivity contribution < 1.29 is 19.1 Å². The molecule has 0 unspecified atom stereocenters. The van der Waals surface area contributed by atoms with E-state index in [1.165, 1.54) is 17.9 Å². The van der Waals surface area contributed by atoms with E-state index >= 15 is 0 Å². The van der Waals surface area contributed by atoms with Crippen molar-refractivity contribution in [2.24, 2.45) is 5.10 Å². The zero-order valence-corrected chi connectivity index (χ0v) is 21.8. The number of carbonyl (C=O) groups is 2. The molecule has 0 heterocycles. The van der Waals surface area contributed by atoms with E-state index in [0.717, 1.165) is 22.9 Å². The summed E-state index contributed by atoms with van der Waals surface area (Å²) in [4.78, 5) is 25.2. The average molecular weight is 550 g/mol. The number of nitrogens with zero attached hydrogens (tertiary/aromatic N) is 2. The maximum atomic E-state index is 12.8. The number of rotatable bonds is 8. The van der Waals surface area contributed by atoms with Crippen LogP contribution in [-0.2, 0) is 0 Å². The summed E-state index contributed by atoms with van der Waals surface area (Å²) >= 11 is 3.36. The van der Waals surface area contributed by atoms with Gasteiger partial charge < -0.3 is 14.8 Å². The summed E-state index contributed by atoms with van der Waals surface area (Å²) in [6.07, 6.45) is 6.28. The molecule has 0 aliphatic heterocycles. The third-order valence-electron chi connectivity index (χ3n) is 5.95. The first-order valence-corrected chi connectivity index (χ1v) is 12.6. The van der Waals surface area contributed by atoms with Gasteiger partial charge in [0.05, 0.1) is 19.4 Å². The highest BCUT2D eigenvalue weighted by Crippen LogP contribution is 2.32. The molecule has 0 saturated heterocycles. The molecule has 3 aromatic rings. The predicted molar refractivity (Wildman–Crippen MR) is 144 cm³/mol. The van der Waals surface area contributed by atoms with Crippen molar-refractivity contribution in [3.63, 3.8) is 0 Å². The Hall–Kier alpha value is -3.65. The molecule has 0 spiro atoms. The van der Waals surface area contributed by atoms with E-state index in [1.54, 1.807) is 56.8 Å². The van der Waals surface area contributed by atoms with Crippen LogP contribution in [0.15, 0.2) is 76.3 Å². The fourth-order valence-electron chi connectivity index (χ4n) is 3.94. The van der Waals surface area contributed by atoms with Gasteiger partial charge in [0, 0.05) is 28.3 Å². The summed E-state index contributed by atoms with van der Waals surface area (Å²) in [5.41, 5.74) is 2.40. The second kappa shape index (κ2) is 11.9. The zero-order chi connectivity index (χ0) is 25.5. The van der Waals surface area contributed by atoms with Crippen LogP contribution in [0.5, 0.6) is 11.5 Å². The molecule has 1 N–H and O–H groups in total. The topological polar surface area (TPSA) is 80.2 Å². The smallest absolute Gasteiger partial charge is 0.273 e. The van der Waals surface area contributed by atoms with Crippen LogP contribution in [0.25, 0.3) is 0 Å². The number of anilines is 1. The molecule has 4 rings (SSSR count). The third kappa shape index (κ3) is 6.51. The van der Waals surface area contributed by atoms with Crippen molar-refractivity contribution in [2.45, 2.75) is 31.8 Å². The van der Waals surface area contributed by atoms with E-state index in [9.17, 15) is 9.59 Å². The van der Waals surface area contributed by atoms with E-state index in [1.807, 2.05) is 30.3 Å². The van der Waals surface area contributed by atoms with Crippen LogP contribution in [0.2, 0.25) is 0 Å². The zero-order valence-electron chi connectivity index (χ0n) is 20.2. The van der Waals surface area contributed by atoms with Crippen LogP contribution < -0.4 is 14.8 Å². The first kappa shape index (κ1) is 25.4. The van der Waals surface area contributed by atoms with Crippen LogP contribution in [0.3, 0.4) is 0 Å². The second-order valence-corrected chi connectivity index (χ2v) is 9.46. The van der Waals surface area contributed by atoms with Crippen LogP contribution in [0.4, 0.5) is 5.69 Å². The van der Waals surface area contributed by atoms with Gasteiger partial charge >= 0.3 is 0 Å². The number of amides is 2. The molecule has 7 nitrogen and oxygen atoms in total. The van der Waals surface area contributed by atoms with E-state index in [0.29, 0.717) is 28.3 Å². The number of nitrogens with one attached hydrogen (secondary N) is 1. The highest BCUT2D eigenvalue weighted by molar-refractivity contribution is 9.10. The minimum Gasteiger partial charge on any atom is -0.493 e. The number of methoxy groups -OCH3 is 1. The first-order chi connectivity index (χ1) is 17.4. The maximum Gasteiger partial charge on any atom is 0.273 e. The normalized spacial score (nSPS) is 13.5. The molecule has 0 aromatic heterocycles.